The lowest BCUT2D eigenvalue weighted by atomic mass is 9.97. The van der Waals surface area contributed by atoms with Crippen LogP contribution >= 0.6 is 0 Å². The molecular weight excluding hydrogens is 377 g/mol. The first-order chi connectivity index (χ1) is 13.1. The van der Waals surface area contributed by atoms with E-state index in [4.69, 9.17) is 0 Å². The van der Waals surface area contributed by atoms with Gasteiger partial charge in [0.2, 0.25) is 0 Å². The third-order valence-electron chi connectivity index (χ3n) is 4.67. The number of hydrogen-bond acceptors (Lipinski definition) is 3. The second kappa shape index (κ2) is 8.31. The number of aryl methyl sites for hydroxylation is 1. The minimum absolute atomic E-state index is 0. The van der Waals surface area contributed by atoms with Gasteiger partial charge in [-0.1, -0.05) is 42.0 Å². The maximum absolute atomic E-state index is 13.4. The normalized spacial score (nSPS) is 15.7. The maximum atomic E-state index is 13.4. The lowest BCUT2D eigenvalue weighted by molar-refractivity contribution is -0.0000163. The number of hydrogen-bond donors (Lipinski definition) is 0. The summed E-state index contributed by atoms with van der Waals surface area (Å²) in [6, 6.07) is 17.5. The van der Waals surface area contributed by atoms with E-state index in [2.05, 4.69) is 10.1 Å². The summed E-state index contributed by atoms with van der Waals surface area (Å²) in [5.41, 5.74) is 4.30. The predicted molar refractivity (Wildman–Crippen MR) is 102 cm³/mol. The van der Waals surface area contributed by atoms with Crippen LogP contribution in [0.4, 0.5) is 4.39 Å². The number of hydrazone groups is 1. The van der Waals surface area contributed by atoms with Crippen LogP contribution in [0.3, 0.4) is 0 Å². The van der Waals surface area contributed by atoms with E-state index in [1.807, 2.05) is 31.2 Å². The van der Waals surface area contributed by atoms with Gasteiger partial charge in [0.05, 0.1) is 17.3 Å². The number of halogens is 2. The van der Waals surface area contributed by atoms with Crippen molar-refractivity contribution in [2.24, 2.45) is 5.10 Å². The lowest BCUT2D eigenvalue weighted by Crippen LogP contribution is -3.00. The number of nitrogens with zero attached hydrogens (tertiary/aromatic N) is 3. The van der Waals surface area contributed by atoms with Gasteiger partial charge in [0.25, 0.3) is 5.91 Å². The highest BCUT2D eigenvalue weighted by Crippen LogP contribution is 2.34. The summed E-state index contributed by atoms with van der Waals surface area (Å²) < 4.78 is 13.4. The van der Waals surface area contributed by atoms with Gasteiger partial charge in [0.1, 0.15) is 5.82 Å². The van der Waals surface area contributed by atoms with Crippen molar-refractivity contribution in [3.8, 4) is 0 Å². The Morgan fingerprint density at radius 3 is 2.43 bits per heavy atom. The molecule has 0 spiro atoms. The smallest absolute Gasteiger partial charge is 0.276 e. The van der Waals surface area contributed by atoms with Crippen molar-refractivity contribution in [3.63, 3.8) is 0 Å². The van der Waals surface area contributed by atoms with Gasteiger partial charge in [-0.2, -0.15) is 5.10 Å². The third-order valence-corrected chi connectivity index (χ3v) is 4.67. The molecule has 142 valence electrons. The molecule has 0 saturated carbocycles. The van der Waals surface area contributed by atoms with Crippen LogP contribution in [0, 0.1) is 12.7 Å². The molecule has 0 fully saturated rings. The molecule has 0 saturated heterocycles. The number of amides is 1. The van der Waals surface area contributed by atoms with E-state index < -0.39 is 0 Å². The van der Waals surface area contributed by atoms with Gasteiger partial charge in [-0.05, 0) is 42.3 Å². The average Bonchev–Trinajstić information content (AvgIpc) is 3.14. The number of pyridine rings is 1. The Morgan fingerprint density at radius 1 is 1.07 bits per heavy atom. The molecule has 1 atom stereocenters. The molecule has 1 unspecified atom stereocenters. The third kappa shape index (κ3) is 3.94. The molecular formula is C22H18ClFN3O-. The van der Waals surface area contributed by atoms with Gasteiger partial charge < -0.3 is 12.4 Å². The molecule has 1 aromatic heterocycles. The van der Waals surface area contributed by atoms with E-state index in [0.29, 0.717) is 12.0 Å². The Hall–Kier alpha value is -3.05. The highest BCUT2D eigenvalue weighted by molar-refractivity contribution is 6.05. The maximum Gasteiger partial charge on any atom is 0.276 e. The molecule has 2 aromatic carbocycles. The summed E-state index contributed by atoms with van der Waals surface area (Å²) in [7, 11) is 0. The van der Waals surface area contributed by atoms with Gasteiger partial charge in [-0.15, -0.1) is 0 Å². The number of carbonyl (C=O) groups is 1. The largest absolute Gasteiger partial charge is 1.00 e. The van der Waals surface area contributed by atoms with Crippen molar-refractivity contribution in [1.82, 2.24) is 9.99 Å². The second-order valence-electron chi connectivity index (χ2n) is 6.58. The van der Waals surface area contributed by atoms with E-state index in [-0.39, 0.29) is 30.2 Å². The van der Waals surface area contributed by atoms with Crippen LogP contribution in [0.2, 0.25) is 0 Å². The van der Waals surface area contributed by atoms with E-state index in [9.17, 15) is 9.18 Å². The number of aromatic nitrogens is 1. The van der Waals surface area contributed by atoms with Gasteiger partial charge in [0.15, 0.2) is 0 Å². The molecule has 1 aliphatic heterocycles. The fourth-order valence-corrected chi connectivity index (χ4v) is 3.18. The molecule has 6 heteroatoms. The molecule has 2 heterocycles. The highest BCUT2D eigenvalue weighted by Gasteiger charge is 2.33. The Labute approximate surface area is 169 Å². The van der Waals surface area contributed by atoms with Crippen molar-refractivity contribution in [2.75, 3.05) is 0 Å². The minimum atomic E-state index is -0.304. The quantitative estimate of drug-likeness (QED) is 0.676. The minimum Gasteiger partial charge on any atom is -1.00 e. The molecule has 1 amide bonds. The molecule has 4 rings (SSSR count). The fraction of sp³-hybridized carbons (Fsp3) is 0.136. The Kier molecular flexibility index (Phi) is 5.85. The van der Waals surface area contributed by atoms with Gasteiger partial charge in [-0.25, -0.2) is 9.40 Å². The summed E-state index contributed by atoms with van der Waals surface area (Å²) in [6.45, 7) is 2.03. The number of carbonyl (C=O) groups excluding carboxylic acids is 1. The van der Waals surface area contributed by atoms with E-state index in [1.54, 1.807) is 30.5 Å². The molecule has 4 nitrogen and oxygen atoms in total. The van der Waals surface area contributed by atoms with Crippen LogP contribution < -0.4 is 12.4 Å². The standard InChI is InChI=1S/C22H18FN3O.ClH/c1-15-4-6-16(7-5-15)20-13-21(17-8-10-19(23)11-9-17)26(25-20)22(27)18-3-2-12-24-14-18;/h2-12,14,21H,13H2,1H3;1H/p-1. The van der Waals surface area contributed by atoms with Crippen molar-refractivity contribution in [1.29, 1.82) is 0 Å². The zero-order chi connectivity index (χ0) is 18.8. The zero-order valence-electron chi connectivity index (χ0n) is 15.2. The number of benzene rings is 2. The molecule has 0 bridgehead atoms. The molecule has 1 aliphatic rings. The zero-order valence-corrected chi connectivity index (χ0v) is 16.0. The molecule has 0 radical (unpaired) electrons. The second-order valence-corrected chi connectivity index (χ2v) is 6.58. The summed E-state index contributed by atoms with van der Waals surface area (Å²) in [6.07, 6.45) is 3.73. The Morgan fingerprint density at radius 2 is 1.79 bits per heavy atom. The summed E-state index contributed by atoms with van der Waals surface area (Å²) in [5.74, 6) is -0.527. The first-order valence-electron chi connectivity index (χ1n) is 8.75. The van der Waals surface area contributed by atoms with Gasteiger partial charge in [-0.3, -0.25) is 9.78 Å². The first-order valence-corrected chi connectivity index (χ1v) is 8.75. The molecule has 0 N–H and O–H groups in total. The van der Waals surface area contributed by atoms with Crippen LogP contribution in [0.25, 0.3) is 0 Å². The van der Waals surface area contributed by atoms with Crippen molar-refractivity contribution in [2.45, 2.75) is 19.4 Å². The topological polar surface area (TPSA) is 45.6 Å². The van der Waals surface area contributed by atoms with Crippen LogP contribution in [0.15, 0.2) is 78.2 Å². The summed E-state index contributed by atoms with van der Waals surface area (Å²) >= 11 is 0. The first kappa shape index (κ1) is 19.7. The number of rotatable bonds is 3. The SMILES string of the molecule is Cc1ccc(C2=NN(C(=O)c3cccnc3)C(c3ccc(F)cc3)C2)cc1.[Cl-]. The van der Waals surface area contributed by atoms with Crippen molar-refractivity contribution >= 4 is 11.6 Å². The van der Waals surface area contributed by atoms with E-state index >= 15 is 0 Å². The Balaban J connectivity index is 0.00000225. The van der Waals surface area contributed by atoms with Crippen molar-refractivity contribution < 1.29 is 21.6 Å². The highest BCUT2D eigenvalue weighted by atomic mass is 35.5. The fourth-order valence-electron chi connectivity index (χ4n) is 3.18. The predicted octanol–water partition coefficient (Wildman–Crippen LogP) is 1.52. The molecule has 28 heavy (non-hydrogen) atoms. The monoisotopic (exact) mass is 394 g/mol. The Bertz CT molecular complexity index is 989. The van der Waals surface area contributed by atoms with Crippen LogP contribution in [-0.4, -0.2) is 21.6 Å². The van der Waals surface area contributed by atoms with E-state index in [0.717, 1.165) is 22.4 Å². The van der Waals surface area contributed by atoms with Gasteiger partial charge in [0, 0.05) is 18.8 Å². The van der Waals surface area contributed by atoms with Crippen LogP contribution in [0.5, 0.6) is 0 Å². The van der Waals surface area contributed by atoms with E-state index in [1.165, 1.54) is 23.3 Å². The van der Waals surface area contributed by atoms with Crippen molar-refractivity contribution in [3.05, 3.63) is 101 Å². The summed E-state index contributed by atoms with van der Waals surface area (Å²) in [4.78, 5) is 17.1. The molecule has 0 aliphatic carbocycles. The molecule has 3 aromatic rings. The van der Waals surface area contributed by atoms with Gasteiger partial charge >= 0.3 is 0 Å². The van der Waals surface area contributed by atoms with Crippen LogP contribution in [0.1, 0.15) is 39.5 Å². The summed E-state index contributed by atoms with van der Waals surface area (Å²) in [5, 5.41) is 6.11. The lowest BCUT2D eigenvalue weighted by Gasteiger charge is -2.22. The average molecular weight is 395 g/mol. The van der Waals surface area contributed by atoms with Crippen LogP contribution in [-0.2, 0) is 0 Å².